The van der Waals surface area contributed by atoms with Crippen LogP contribution in [-0.2, 0) is 4.74 Å². The molecule has 1 fully saturated rings. The van der Waals surface area contributed by atoms with Gasteiger partial charge in [-0.15, -0.1) is 5.10 Å². The minimum Gasteiger partial charge on any atom is -0.380 e. The number of hydrogen-bond donors (Lipinski definition) is 2. The average Bonchev–Trinajstić information content (AvgIpc) is 2.97. The van der Waals surface area contributed by atoms with Crippen molar-refractivity contribution in [2.45, 2.75) is 0 Å². The lowest BCUT2D eigenvalue weighted by atomic mass is 10.1. The molecule has 0 atom stereocenters. The number of ether oxygens (including phenoxy) is 1. The van der Waals surface area contributed by atoms with Crippen LogP contribution in [0, 0.1) is 5.82 Å². The minimum absolute atomic E-state index is 0.155. The Labute approximate surface area is 230 Å². The zero-order valence-corrected chi connectivity index (χ0v) is 21.7. The van der Waals surface area contributed by atoms with Gasteiger partial charge in [0, 0.05) is 48.6 Å². The van der Waals surface area contributed by atoms with Gasteiger partial charge < -0.3 is 20.7 Å². The third-order valence-electron chi connectivity index (χ3n) is 5.99. The Morgan fingerprint density at radius 1 is 1.10 bits per heavy atom. The van der Waals surface area contributed by atoms with E-state index in [0.29, 0.717) is 54.2 Å². The Hall–Kier alpha value is -4.54. The maximum absolute atomic E-state index is 14.5. The molecule has 3 N–H and O–H groups in total. The molecule has 0 amide bonds. The summed E-state index contributed by atoms with van der Waals surface area (Å²) < 4.78 is 19.9. The van der Waals surface area contributed by atoms with Crippen molar-refractivity contribution in [3.05, 3.63) is 102 Å². The van der Waals surface area contributed by atoms with E-state index in [2.05, 4.69) is 36.8 Å². The highest BCUT2D eigenvalue weighted by Gasteiger charge is 2.15. The van der Waals surface area contributed by atoms with E-state index in [1.807, 2.05) is 30.3 Å². The molecular weight excluding hydrogens is 519 g/mol. The molecular formula is C28H26ClFN8O. The van der Waals surface area contributed by atoms with Gasteiger partial charge in [-0.2, -0.15) is 0 Å². The number of benzene rings is 2. The molecule has 2 aromatic carbocycles. The summed E-state index contributed by atoms with van der Waals surface area (Å²) >= 11 is 6.18. The number of anilines is 4. The van der Waals surface area contributed by atoms with E-state index in [1.54, 1.807) is 30.6 Å². The summed E-state index contributed by atoms with van der Waals surface area (Å²) in [4.78, 5) is 15.2. The van der Waals surface area contributed by atoms with E-state index in [-0.39, 0.29) is 11.7 Å². The molecule has 11 heteroatoms. The van der Waals surface area contributed by atoms with E-state index in [0.717, 1.165) is 17.1 Å². The summed E-state index contributed by atoms with van der Waals surface area (Å²) in [6, 6.07) is 17.5. The summed E-state index contributed by atoms with van der Waals surface area (Å²) in [5.74, 6) is 0.213. The van der Waals surface area contributed by atoms with Crippen LogP contribution in [0.4, 0.5) is 27.4 Å². The molecule has 1 saturated heterocycles. The second-order valence-electron chi connectivity index (χ2n) is 8.58. The van der Waals surface area contributed by atoms with Crippen LogP contribution in [0.1, 0.15) is 5.69 Å². The summed E-state index contributed by atoms with van der Waals surface area (Å²) in [7, 11) is 0. The number of rotatable bonds is 8. The first-order valence-electron chi connectivity index (χ1n) is 12.2. The molecule has 0 aliphatic carbocycles. The van der Waals surface area contributed by atoms with Crippen LogP contribution in [0.5, 0.6) is 0 Å². The fraction of sp³-hybridized carbons (Fsp3) is 0.143. The summed E-state index contributed by atoms with van der Waals surface area (Å²) in [6.07, 6.45) is 4.76. The molecule has 0 spiro atoms. The molecule has 198 valence electrons. The standard InChI is InChI=1S/C28H26ClFN8O/c1-2-38(36-27(31)26-24(29)4-3-10-32-26)22-7-5-21(6-8-22)34-28-33-11-9-25(35-28)19-16-20(30)18-23(17-19)37-12-14-39-15-13-37/h2-11,16-18H,1,12-15H2,(H2,31,36)(H,33,34,35). The van der Waals surface area contributed by atoms with E-state index in [4.69, 9.17) is 22.1 Å². The Kier molecular flexibility index (Phi) is 7.95. The van der Waals surface area contributed by atoms with Crippen LogP contribution in [0.15, 0.2) is 90.9 Å². The van der Waals surface area contributed by atoms with Crippen molar-refractivity contribution >= 4 is 40.4 Å². The first-order chi connectivity index (χ1) is 19.0. The maximum atomic E-state index is 14.5. The van der Waals surface area contributed by atoms with E-state index in [1.165, 1.54) is 23.3 Å². The van der Waals surface area contributed by atoms with Gasteiger partial charge in [0.2, 0.25) is 5.95 Å². The van der Waals surface area contributed by atoms with Gasteiger partial charge in [0.25, 0.3) is 0 Å². The largest absolute Gasteiger partial charge is 0.380 e. The molecule has 9 nitrogen and oxygen atoms in total. The SMILES string of the molecule is C=CN(/N=C(\N)c1ncccc1Cl)c1ccc(Nc2nccc(-c3cc(F)cc(N4CCOCC4)c3)n2)cc1. The highest BCUT2D eigenvalue weighted by Crippen LogP contribution is 2.27. The van der Waals surface area contributed by atoms with Crippen LogP contribution in [-0.4, -0.2) is 47.1 Å². The van der Waals surface area contributed by atoms with Crippen molar-refractivity contribution in [3.63, 3.8) is 0 Å². The lowest BCUT2D eigenvalue weighted by Crippen LogP contribution is -2.36. The quantitative estimate of drug-likeness (QED) is 0.178. The van der Waals surface area contributed by atoms with Crippen LogP contribution in [0.25, 0.3) is 11.3 Å². The minimum atomic E-state index is -0.321. The summed E-state index contributed by atoms with van der Waals surface area (Å²) in [5.41, 5.74) is 10.0. The van der Waals surface area contributed by atoms with Crippen molar-refractivity contribution in [3.8, 4) is 11.3 Å². The Balaban J connectivity index is 1.32. The van der Waals surface area contributed by atoms with Crippen LogP contribution in [0.3, 0.4) is 0 Å². The van der Waals surface area contributed by atoms with Crippen molar-refractivity contribution in [1.29, 1.82) is 0 Å². The molecule has 2 aromatic heterocycles. The van der Waals surface area contributed by atoms with Gasteiger partial charge in [0.05, 0.1) is 29.6 Å². The van der Waals surface area contributed by atoms with Crippen molar-refractivity contribution in [2.75, 3.05) is 41.5 Å². The highest BCUT2D eigenvalue weighted by molar-refractivity contribution is 6.33. The second-order valence-corrected chi connectivity index (χ2v) is 8.99. The number of nitrogens with one attached hydrogen (secondary N) is 1. The van der Waals surface area contributed by atoms with Gasteiger partial charge in [-0.1, -0.05) is 18.2 Å². The van der Waals surface area contributed by atoms with Crippen molar-refractivity contribution in [2.24, 2.45) is 10.8 Å². The monoisotopic (exact) mass is 544 g/mol. The van der Waals surface area contributed by atoms with Gasteiger partial charge in [-0.25, -0.2) is 19.4 Å². The smallest absolute Gasteiger partial charge is 0.227 e. The molecule has 39 heavy (non-hydrogen) atoms. The number of hydrogen-bond acceptors (Lipinski definition) is 8. The third kappa shape index (κ3) is 6.31. The average molecular weight is 545 g/mol. The number of morpholine rings is 1. The summed E-state index contributed by atoms with van der Waals surface area (Å²) in [6.45, 7) is 6.49. The number of nitrogens with two attached hydrogens (primary N) is 1. The molecule has 1 aliphatic heterocycles. The number of pyridine rings is 1. The first-order valence-corrected chi connectivity index (χ1v) is 12.6. The normalized spacial score (nSPS) is 13.7. The molecule has 0 radical (unpaired) electrons. The zero-order chi connectivity index (χ0) is 27.2. The van der Waals surface area contributed by atoms with Gasteiger partial charge in [0.1, 0.15) is 11.5 Å². The fourth-order valence-electron chi connectivity index (χ4n) is 4.07. The Morgan fingerprint density at radius 3 is 2.64 bits per heavy atom. The number of amidine groups is 1. The van der Waals surface area contributed by atoms with Gasteiger partial charge >= 0.3 is 0 Å². The summed E-state index contributed by atoms with van der Waals surface area (Å²) in [5, 5.41) is 9.50. The molecule has 0 bridgehead atoms. The maximum Gasteiger partial charge on any atom is 0.227 e. The lowest BCUT2D eigenvalue weighted by Gasteiger charge is -2.29. The number of hydrazone groups is 1. The number of halogens is 2. The number of nitrogens with zero attached hydrogens (tertiary/aromatic N) is 6. The predicted molar refractivity (Wildman–Crippen MR) is 153 cm³/mol. The van der Waals surface area contributed by atoms with Gasteiger partial charge in [-0.05, 0) is 60.7 Å². The Morgan fingerprint density at radius 2 is 1.90 bits per heavy atom. The first kappa shape index (κ1) is 26.1. The fourth-order valence-corrected chi connectivity index (χ4v) is 4.29. The molecule has 4 aromatic rings. The third-order valence-corrected chi connectivity index (χ3v) is 6.29. The lowest BCUT2D eigenvalue weighted by molar-refractivity contribution is 0.122. The van der Waals surface area contributed by atoms with Crippen LogP contribution < -0.4 is 21.0 Å². The van der Waals surface area contributed by atoms with Gasteiger partial charge in [-0.3, -0.25) is 4.98 Å². The molecule has 0 unspecified atom stereocenters. The van der Waals surface area contributed by atoms with Crippen LogP contribution in [0.2, 0.25) is 5.02 Å². The Bertz CT molecular complexity index is 1490. The van der Waals surface area contributed by atoms with E-state index >= 15 is 0 Å². The molecule has 5 rings (SSSR count). The van der Waals surface area contributed by atoms with Crippen molar-refractivity contribution < 1.29 is 9.13 Å². The molecule has 3 heterocycles. The zero-order valence-electron chi connectivity index (χ0n) is 21.0. The van der Waals surface area contributed by atoms with Crippen LogP contribution >= 0.6 is 11.6 Å². The molecule has 0 saturated carbocycles. The highest BCUT2D eigenvalue weighted by atomic mass is 35.5. The van der Waals surface area contributed by atoms with Gasteiger partial charge in [0.15, 0.2) is 5.84 Å². The second kappa shape index (κ2) is 11.9. The molecule has 1 aliphatic rings. The topological polar surface area (TPSA) is 105 Å². The van der Waals surface area contributed by atoms with E-state index in [9.17, 15) is 4.39 Å². The van der Waals surface area contributed by atoms with Crippen molar-refractivity contribution in [1.82, 2.24) is 15.0 Å². The predicted octanol–water partition coefficient (Wildman–Crippen LogP) is 5.18. The number of aromatic nitrogens is 3. The van der Waals surface area contributed by atoms with E-state index < -0.39 is 0 Å².